The van der Waals surface area contributed by atoms with E-state index in [1.54, 1.807) is 10.3 Å². The average Bonchev–Trinajstić information content (AvgIpc) is 3.32. The molecular weight excluding hydrogens is 452 g/mol. The summed E-state index contributed by atoms with van der Waals surface area (Å²) in [6, 6.07) is 6.06. The number of carbonyl (C=O) groups is 2. The Balaban J connectivity index is 1.37. The summed E-state index contributed by atoms with van der Waals surface area (Å²) in [6.45, 7) is 11.9. The molecule has 0 unspecified atom stereocenters. The van der Waals surface area contributed by atoms with Crippen molar-refractivity contribution >= 4 is 28.8 Å². The van der Waals surface area contributed by atoms with Crippen LogP contribution >= 0.6 is 11.3 Å². The van der Waals surface area contributed by atoms with Crippen molar-refractivity contribution in [2.45, 2.75) is 45.6 Å². The summed E-state index contributed by atoms with van der Waals surface area (Å²) in [5, 5.41) is 5.44. The van der Waals surface area contributed by atoms with E-state index in [4.69, 9.17) is 9.47 Å². The minimum absolute atomic E-state index is 0.00455. The molecule has 4 rings (SSSR count). The molecule has 2 aliphatic rings. The molecule has 34 heavy (non-hydrogen) atoms. The van der Waals surface area contributed by atoms with E-state index in [9.17, 15) is 9.59 Å². The molecule has 0 radical (unpaired) electrons. The SMILES string of the molecule is CCC(C)(C)c1ccc2c(c1)N(Cc1nc(C(=O)NCCCN3CCOCC3)cs1)C(=O)CO2. The van der Waals surface area contributed by atoms with Crippen molar-refractivity contribution in [2.24, 2.45) is 0 Å². The third-order valence-electron chi connectivity index (χ3n) is 6.69. The Kier molecular flexibility index (Phi) is 7.85. The van der Waals surface area contributed by atoms with Gasteiger partial charge in [-0.1, -0.05) is 26.8 Å². The monoisotopic (exact) mass is 486 g/mol. The molecule has 9 heteroatoms. The van der Waals surface area contributed by atoms with Gasteiger partial charge < -0.3 is 14.8 Å². The van der Waals surface area contributed by atoms with E-state index >= 15 is 0 Å². The maximum absolute atomic E-state index is 12.7. The summed E-state index contributed by atoms with van der Waals surface area (Å²) in [7, 11) is 0. The van der Waals surface area contributed by atoms with Crippen LogP contribution in [0.15, 0.2) is 23.6 Å². The van der Waals surface area contributed by atoms with Crippen molar-refractivity contribution in [3.8, 4) is 5.75 Å². The van der Waals surface area contributed by atoms with Crippen LogP contribution in [0.2, 0.25) is 0 Å². The first kappa shape index (κ1) is 24.6. The second-order valence-corrected chi connectivity index (χ2v) is 10.3. The van der Waals surface area contributed by atoms with Gasteiger partial charge in [-0.2, -0.15) is 0 Å². The number of nitrogens with zero attached hydrogens (tertiary/aromatic N) is 3. The molecule has 1 aromatic heterocycles. The van der Waals surface area contributed by atoms with Crippen LogP contribution in [0.4, 0.5) is 5.69 Å². The largest absolute Gasteiger partial charge is 0.482 e. The number of rotatable bonds is 9. The first-order valence-electron chi connectivity index (χ1n) is 12.0. The Bertz CT molecular complexity index is 1020. The zero-order valence-corrected chi connectivity index (χ0v) is 21.1. The summed E-state index contributed by atoms with van der Waals surface area (Å²) >= 11 is 1.40. The van der Waals surface area contributed by atoms with Crippen LogP contribution < -0.4 is 15.0 Å². The van der Waals surface area contributed by atoms with E-state index in [1.807, 2.05) is 12.1 Å². The number of thiazole rings is 1. The molecular formula is C25H34N4O4S. The molecule has 8 nitrogen and oxygen atoms in total. The number of carbonyl (C=O) groups excluding carboxylic acids is 2. The fourth-order valence-corrected chi connectivity index (χ4v) is 4.81. The Morgan fingerprint density at radius 1 is 1.26 bits per heavy atom. The maximum Gasteiger partial charge on any atom is 0.270 e. The van der Waals surface area contributed by atoms with Crippen molar-refractivity contribution in [1.82, 2.24) is 15.2 Å². The summed E-state index contributed by atoms with van der Waals surface area (Å²) in [6.07, 6.45) is 1.87. The third kappa shape index (κ3) is 5.76. The van der Waals surface area contributed by atoms with Crippen LogP contribution in [-0.4, -0.2) is 67.7 Å². The van der Waals surface area contributed by atoms with Crippen LogP contribution in [-0.2, 0) is 21.5 Å². The highest BCUT2D eigenvalue weighted by atomic mass is 32.1. The first-order chi connectivity index (χ1) is 16.4. The van der Waals surface area contributed by atoms with Gasteiger partial charge >= 0.3 is 0 Å². The van der Waals surface area contributed by atoms with Crippen LogP contribution in [0.1, 0.15) is 54.7 Å². The van der Waals surface area contributed by atoms with E-state index in [0.717, 1.165) is 61.9 Å². The van der Waals surface area contributed by atoms with Gasteiger partial charge in [-0.05, 0) is 42.5 Å². The fraction of sp³-hybridized carbons (Fsp3) is 0.560. The second kappa shape index (κ2) is 10.8. The smallest absolute Gasteiger partial charge is 0.270 e. The van der Waals surface area contributed by atoms with E-state index in [0.29, 0.717) is 24.5 Å². The number of ether oxygens (including phenoxy) is 2. The van der Waals surface area contributed by atoms with Gasteiger partial charge in [-0.15, -0.1) is 11.3 Å². The van der Waals surface area contributed by atoms with Gasteiger partial charge in [-0.3, -0.25) is 19.4 Å². The number of nitrogens with one attached hydrogen (secondary N) is 1. The van der Waals surface area contributed by atoms with Crippen LogP contribution in [0.5, 0.6) is 5.75 Å². The van der Waals surface area contributed by atoms with Crippen LogP contribution in [0.25, 0.3) is 0 Å². The minimum atomic E-state index is -0.176. The molecule has 184 valence electrons. The van der Waals surface area contributed by atoms with E-state index in [1.165, 1.54) is 11.3 Å². The Morgan fingerprint density at radius 3 is 2.82 bits per heavy atom. The molecule has 1 aromatic carbocycles. The van der Waals surface area contributed by atoms with Crippen molar-refractivity contribution in [3.63, 3.8) is 0 Å². The maximum atomic E-state index is 12.7. The van der Waals surface area contributed by atoms with E-state index in [-0.39, 0.29) is 23.8 Å². The summed E-state index contributed by atoms with van der Waals surface area (Å²) in [5.41, 5.74) is 2.32. The number of hydrogen-bond acceptors (Lipinski definition) is 7. The van der Waals surface area contributed by atoms with Gasteiger partial charge in [0.2, 0.25) is 0 Å². The molecule has 0 spiro atoms. The molecule has 0 atom stereocenters. The lowest BCUT2D eigenvalue weighted by Gasteiger charge is -2.31. The predicted molar refractivity (Wildman–Crippen MR) is 133 cm³/mol. The van der Waals surface area contributed by atoms with E-state index in [2.05, 4.69) is 42.0 Å². The molecule has 1 saturated heterocycles. The molecule has 0 saturated carbocycles. The lowest BCUT2D eigenvalue weighted by molar-refractivity contribution is -0.121. The number of amides is 2. The van der Waals surface area contributed by atoms with Crippen LogP contribution in [0, 0.1) is 0 Å². The molecule has 1 N–H and O–H groups in total. The molecule has 2 aromatic rings. The van der Waals surface area contributed by atoms with Crippen molar-refractivity contribution in [1.29, 1.82) is 0 Å². The van der Waals surface area contributed by atoms with Gasteiger partial charge in [-0.25, -0.2) is 4.98 Å². The number of aromatic nitrogens is 1. The van der Waals surface area contributed by atoms with Crippen molar-refractivity contribution in [2.75, 3.05) is 50.9 Å². The number of morpholine rings is 1. The second-order valence-electron chi connectivity index (χ2n) is 9.38. The number of fused-ring (bicyclic) bond motifs is 1. The number of hydrogen-bond donors (Lipinski definition) is 1. The zero-order chi connectivity index (χ0) is 24.1. The Hall–Kier alpha value is -2.49. The molecule has 3 heterocycles. The quantitative estimate of drug-likeness (QED) is 0.548. The lowest BCUT2D eigenvalue weighted by Crippen LogP contribution is -2.38. The Morgan fingerprint density at radius 2 is 2.06 bits per heavy atom. The minimum Gasteiger partial charge on any atom is -0.482 e. The highest BCUT2D eigenvalue weighted by molar-refractivity contribution is 7.09. The third-order valence-corrected chi connectivity index (χ3v) is 7.52. The summed E-state index contributed by atoms with van der Waals surface area (Å²) in [5.74, 6) is 0.415. The van der Waals surface area contributed by atoms with Crippen molar-refractivity contribution < 1.29 is 19.1 Å². The molecule has 2 amide bonds. The van der Waals surface area contributed by atoms with Gasteiger partial charge in [0.25, 0.3) is 11.8 Å². The fourth-order valence-electron chi connectivity index (χ4n) is 4.04. The molecule has 0 aliphatic carbocycles. The summed E-state index contributed by atoms with van der Waals surface area (Å²) < 4.78 is 11.0. The molecule has 0 bridgehead atoms. The van der Waals surface area contributed by atoms with Crippen molar-refractivity contribution in [3.05, 3.63) is 39.8 Å². The molecule has 1 fully saturated rings. The highest BCUT2D eigenvalue weighted by Gasteiger charge is 2.29. The zero-order valence-electron chi connectivity index (χ0n) is 20.3. The summed E-state index contributed by atoms with van der Waals surface area (Å²) in [4.78, 5) is 33.9. The topological polar surface area (TPSA) is 84.0 Å². The standard InChI is InChI=1S/C25H34N4O4S/c1-4-25(2,3)18-6-7-21-20(14-18)29(23(30)16-33-21)15-22-27-19(17-34-22)24(31)26-8-5-9-28-10-12-32-13-11-28/h6-7,14,17H,4-5,8-13,15-16H2,1-3H3,(H,26,31). The predicted octanol–water partition coefficient (Wildman–Crippen LogP) is 3.21. The van der Waals surface area contributed by atoms with Gasteiger partial charge in [0.1, 0.15) is 16.5 Å². The van der Waals surface area contributed by atoms with Gasteiger partial charge in [0.15, 0.2) is 6.61 Å². The number of anilines is 1. The number of benzene rings is 1. The molecule has 2 aliphatic heterocycles. The highest BCUT2D eigenvalue weighted by Crippen LogP contribution is 2.38. The van der Waals surface area contributed by atoms with Gasteiger partial charge in [0.05, 0.1) is 25.4 Å². The van der Waals surface area contributed by atoms with Crippen LogP contribution in [0.3, 0.4) is 0 Å². The average molecular weight is 487 g/mol. The Labute approximate surface area is 205 Å². The van der Waals surface area contributed by atoms with E-state index < -0.39 is 0 Å². The van der Waals surface area contributed by atoms with Gasteiger partial charge in [0, 0.05) is 25.0 Å². The normalized spacial score (nSPS) is 16.8. The first-order valence-corrected chi connectivity index (χ1v) is 12.9. The lowest BCUT2D eigenvalue weighted by atomic mass is 9.82.